The normalized spacial score (nSPS) is 17.1. The number of carboxylic acid groups (broad SMARTS) is 1. The standard InChI is InChI=1S/C31H30F4N6O5/c1-19-12-22(46-29-6-8-37-27(39-29)17-45-26-5-2-20(15-36)13-23(26)32)7-9-40(19)16-28-38-24-4-3-21(30(42)43)14-25(24)41(28)10-11-44-18-31(33,34)35/h2-6,8,13-14,19,22H,7,9-12,16-18H2,1H3,(H,42,43)/t19-,22-/m0/s1. The second-order valence-electron chi connectivity index (χ2n) is 10.8. The number of halogens is 4. The number of hydrogen-bond donors (Lipinski definition) is 1. The molecule has 0 aliphatic carbocycles. The Kier molecular flexibility index (Phi) is 9.98. The molecule has 1 N–H and O–H groups in total. The molecule has 1 fully saturated rings. The van der Waals surface area contributed by atoms with Crippen LogP contribution >= 0.6 is 0 Å². The highest BCUT2D eigenvalue weighted by molar-refractivity contribution is 5.92. The number of likely N-dealkylation sites (tertiary alicyclic amines) is 1. The van der Waals surface area contributed by atoms with Crippen molar-refractivity contribution in [3.05, 3.63) is 77.3 Å². The Bertz CT molecular complexity index is 1740. The highest BCUT2D eigenvalue weighted by Gasteiger charge is 2.29. The number of aromatic nitrogens is 4. The van der Waals surface area contributed by atoms with Crippen molar-refractivity contribution >= 4 is 17.0 Å². The largest absolute Gasteiger partial charge is 0.483 e. The fourth-order valence-electron chi connectivity index (χ4n) is 5.24. The fourth-order valence-corrected chi connectivity index (χ4v) is 5.24. The molecule has 0 bridgehead atoms. The molecule has 46 heavy (non-hydrogen) atoms. The smallest absolute Gasteiger partial charge is 0.411 e. The van der Waals surface area contributed by atoms with Crippen LogP contribution < -0.4 is 9.47 Å². The third-order valence-electron chi connectivity index (χ3n) is 7.49. The Morgan fingerprint density at radius 1 is 1.17 bits per heavy atom. The van der Waals surface area contributed by atoms with Crippen molar-refractivity contribution in [2.75, 3.05) is 19.8 Å². The van der Waals surface area contributed by atoms with E-state index >= 15 is 0 Å². The number of fused-ring (bicyclic) bond motifs is 1. The van der Waals surface area contributed by atoms with Gasteiger partial charge in [-0.1, -0.05) is 0 Å². The highest BCUT2D eigenvalue weighted by Crippen LogP contribution is 2.26. The summed E-state index contributed by atoms with van der Waals surface area (Å²) in [6.45, 7) is 1.39. The summed E-state index contributed by atoms with van der Waals surface area (Å²) in [7, 11) is 0. The summed E-state index contributed by atoms with van der Waals surface area (Å²) in [5.74, 6) is -0.602. The predicted octanol–water partition coefficient (Wildman–Crippen LogP) is 5.13. The van der Waals surface area contributed by atoms with Crippen LogP contribution in [0.5, 0.6) is 11.6 Å². The maximum Gasteiger partial charge on any atom is 0.411 e. The number of nitriles is 1. The van der Waals surface area contributed by atoms with Gasteiger partial charge in [-0.3, -0.25) is 4.90 Å². The predicted molar refractivity (Wildman–Crippen MR) is 155 cm³/mol. The van der Waals surface area contributed by atoms with Crippen LogP contribution in [0.25, 0.3) is 11.0 Å². The van der Waals surface area contributed by atoms with Gasteiger partial charge in [-0.2, -0.15) is 23.4 Å². The lowest BCUT2D eigenvalue weighted by Gasteiger charge is -2.37. The molecule has 15 heteroatoms. The molecule has 3 heterocycles. The van der Waals surface area contributed by atoms with Crippen LogP contribution in [-0.2, 0) is 24.4 Å². The zero-order valence-electron chi connectivity index (χ0n) is 24.7. The molecule has 2 aromatic carbocycles. The average Bonchev–Trinajstić information content (AvgIpc) is 3.35. The lowest BCUT2D eigenvalue weighted by molar-refractivity contribution is -0.174. The molecule has 0 saturated carbocycles. The SMILES string of the molecule is C[C@H]1C[C@@H](Oc2ccnc(COc3ccc(C#N)cc3F)n2)CCN1Cc1nc2ccc(C(=O)O)cc2n1CCOCC(F)(F)F. The van der Waals surface area contributed by atoms with Crippen LogP contribution in [0.3, 0.4) is 0 Å². The van der Waals surface area contributed by atoms with Crippen LogP contribution in [0.2, 0.25) is 0 Å². The van der Waals surface area contributed by atoms with Gasteiger partial charge in [-0.25, -0.2) is 19.2 Å². The lowest BCUT2D eigenvalue weighted by Crippen LogP contribution is -2.44. The van der Waals surface area contributed by atoms with E-state index in [0.717, 1.165) is 6.07 Å². The average molecular weight is 643 g/mol. The van der Waals surface area contributed by atoms with Crippen molar-refractivity contribution in [1.29, 1.82) is 5.26 Å². The topological polar surface area (TPSA) is 136 Å². The van der Waals surface area contributed by atoms with E-state index in [1.807, 2.05) is 13.0 Å². The first-order valence-corrected chi connectivity index (χ1v) is 14.4. The summed E-state index contributed by atoms with van der Waals surface area (Å²) in [5, 5.41) is 18.3. The molecule has 0 unspecified atom stereocenters. The summed E-state index contributed by atoms with van der Waals surface area (Å²) < 4.78 is 70.1. The van der Waals surface area contributed by atoms with Gasteiger partial charge in [0, 0.05) is 31.4 Å². The molecule has 0 spiro atoms. The van der Waals surface area contributed by atoms with Crippen molar-refractivity contribution in [3.63, 3.8) is 0 Å². The third kappa shape index (κ3) is 8.26. The van der Waals surface area contributed by atoms with E-state index in [9.17, 15) is 27.5 Å². The maximum atomic E-state index is 14.1. The summed E-state index contributed by atoms with van der Waals surface area (Å²) >= 11 is 0. The van der Waals surface area contributed by atoms with E-state index in [1.165, 1.54) is 30.5 Å². The minimum Gasteiger partial charge on any atom is -0.483 e. The number of alkyl halides is 3. The maximum absolute atomic E-state index is 14.1. The van der Waals surface area contributed by atoms with E-state index in [1.54, 1.807) is 16.7 Å². The minimum atomic E-state index is -4.45. The number of nitrogens with zero attached hydrogens (tertiary/aromatic N) is 6. The van der Waals surface area contributed by atoms with E-state index in [4.69, 9.17) is 19.5 Å². The molecule has 1 saturated heterocycles. The summed E-state index contributed by atoms with van der Waals surface area (Å²) in [6.07, 6.45) is -1.81. The van der Waals surface area contributed by atoms with Gasteiger partial charge >= 0.3 is 12.1 Å². The minimum absolute atomic E-state index is 0.0280. The van der Waals surface area contributed by atoms with E-state index < -0.39 is 24.6 Å². The third-order valence-corrected chi connectivity index (χ3v) is 7.49. The number of carboxylic acids is 1. The summed E-state index contributed by atoms with van der Waals surface area (Å²) in [5.41, 5.74) is 1.26. The van der Waals surface area contributed by atoms with Gasteiger partial charge in [0.05, 0.1) is 41.4 Å². The van der Waals surface area contributed by atoms with Crippen molar-refractivity contribution < 1.29 is 41.7 Å². The number of imidazole rings is 1. The molecular formula is C31H30F4N6O5. The van der Waals surface area contributed by atoms with Crippen LogP contribution in [0.15, 0.2) is 48.7 Å². The van der Waals surface area contributed by atoms with Crippen LogP contribution in [0.1, 0.15) is 47.3 Å². The van der Waals surface area contributed by atoms with Gasteiger partial charge in [-0.15, -0.1) is 0 Å². The van der Waals surface area contributed by atoms with Crippen molar-refractivity contribution in [3.8, 4) is 17.7 Å². The molecule has 0 amide bonds. The van der Waals surface area contributed by atoms with E-state index in [-0.39, 0.29) is 54.6 Å². The molecule has 2 atom stereocenters. The molecule has 0 radical (unpaired) electrons. The Morgan fingerprint density at radius 2 is 2.00 bits per heavy atom. The molecule has 242 valence electrons. The van der Waals surface area contributed by atoms with Crippen LogP contribution in [-0.4, -0.2) is 73.6 Å². The zero-order chi connectivity index (χ0) is 32.8. The van der Waals surface area contributed by atoms with Crippen LogP contribution in [0, 0.1) is 17.1 Å². The molecule has 11 nitrogen and oxygen atoms in total. The van der Waals surface area contributed by atoms with Crippen molar-refractivity contribution in [1.82, 2.24) is 24.4 Å². The molecular weight excluding hydrogens is 612 g/mol. The number of hydrogen-bond acceptors (Lipinski definition) is 9. The van der Waals surface area contributed by atoms with E-state index in [2.05, 4.69) is 19.9 Å². The molecule has 2 aromatic heterocycles. The molecule has 4 aromatic rings. The first-order chi connectivity index (χ1) is 22.0. The first-order valence-electron chi connectivity index (χ1n) is 14.4. The molecule has 5 rings (SSSR count). The number of benzene rings is 2. The quantitative estimate of drug-likeness (QED) is 0.164. The van der Waals surface area contributed by atoms with Gasteiger partial charge < -0.3 is 23.9 Å². The van der Waals surface area contributed by atoms with Gasteiger partial charge in [0.15, 0.2) is 17.4 Å². The Morgan fingerprint density at radius 3 is 2.72 bits per heavy atom. The van der Waals surface area contributed by atoms with E-state index in [0.29, 0.717) is 48.7 Å². The number of piperidine rings is 1. The Balaban J connectivity index is 1.21. The molecule has 1 aliphatic heterocycles. The fraction of sp³-hybridized carbons (Fsp3) is 0.387. The summed E-state index contributed by atoms with van der Waals surface area (Å²) in [6, 6.07) is 11.9. The Hall–Kier alpha value is -4.81. The van der Waals surface area contributed by atoms with Crippen molar-refractivity contribution in [2.24, 2.45) is 0 Å². The number of ether oxygens (including phenoxy) is 3. The monoisotopic (exact) mass is 642 g/mol. The number of rotatable bonds is 12. The first kappa shape index (κ1) is 32.6. The van der Waals surface area contributed by atoms with Gasteiger partial charge in [0.25, 0.3) is 0 Å². The Labute approximate surface area is 261 Å². The van der Waals surface area contributed by atoms with Crippen LogP contribution in [0.4, 0.5) is 17.6 Å². The van der Waals surface area contributed by atoms with Gasteiger partial charge in [-0.05, 0) is 56.2 Å². The molecule has 1 aliphatic rings. The zero-order valence-corrected chi connectivity index (χ0v) is 24.7. The van der Waals surface area contributed by atoms with Gasteiger partial charge in [0.1, 0.15) is 25.1 Å². The highest BCUT2D eigenvalue weighted by atomic mass is 19.4. The van der Waals surface area contributed by atoms with Gasteiger partial charge in [0.2, 0.25) is 5.88 Å². The number of aromatic carboxylic acids is 1. The second-order valence-corrected chi connectivity index (χ2v) is 10.8. The summed E-state index contributed by atoms with van der Waals surface area (Å²) in [4.78, 5) is 26.9. The second kappa shape index (κ2) is 14.1. The van der Waals surface area contributed by atoms with Crippen molar-refractivity contribution in [2.45, 2.75) is 57.8 Å². The number of carbonyl (C=O) groups is 1. The lowest BCUT2D eigenvalue weighted by atomic mass is 10.0.